The molecule has 2 aromatic carbocycles. The molecule has 1 spiro atoms. The Bertz CT molecular complexity index is 1700. The summed E-state index contributed by atoms with van der Waals surface area (Å²) in [5, 5.41) is 11.7. The lowest BCUT2D eigenvalue weighted by molar-refractivity contribution is 0.120. The topological polar surface area (TPSA) is 66.5 Å². The zero-order chi connectivity index (χ0) is 29.1. The molecule has 0 saturated carbocycles. The number of likely N-dealkylation sites (tertiary alicyclic amines) is 1. The first-order valence-corrected chi connectivity index (χ1v) is 14.5. The average Bonchev–Trinajstić information content (AvgIpc) is 3.65. The van der Waals surface area contributed by atoms with Gasteiger partial charge >= 0.3 is 5.69 Å². The van der Waals surface area contributed by atoms with Crippen LogP contribution in [0.25, 0.3) is 27.9 Å². The molecule has 4 aromatic rings. The summed E-state index contributed by atoms with van der Waals surface area (Å²) in [4.78, 5) is 22.1. The standard InChI is InChI=1S/C32H35ClFN5O2/c1-20(2)39-10-5-8-32(39)9-11-37(19-32)29-15-23(18-35-21(29)3)26-17-24(34)16-25(30(26)40)22-6-7-28(27(33)14-22)38-13-12-36(4)31(38)41/h6-7,12-18,20,40H,5,8-11,19H2,1-4H3. The molecule has 6 rings (SSSR count). The minimum absolute atomic E-state index is 0.0524. The van der Waals surface area contributed by atoms with Crippen LogP contribution >= 0.6 is 11.6 Å². The molecule has 0 bridgehead atoms. The number of pyridine rings is 1. The van der Waals surface area contributed by atoms with Crippen molar-refractivity contribution in [2.45, 2.75) is 51.6 Å². The first kappa shape index (κ1) is 27.5. The van der Waals surface area contributed by atoms with E-state index in [0.717, 1.165) is 37.4 Å². The van der Waals surface area contributed by atoms with Gasteiger partial charge in [0.05, 0.1) is 22.1 Å². The van der Waals surface area contributed by atoms with Crippen LogP contribution in [0.3, 0.4) is 0 Å². The Kier molecular flexibility index (Phi) is 6.94. The van der Waals surface area contributed by atoms with Crippen molar-refractivity contribution in [3.63, 3.8) is 0 Å². The number of aryl methyl sites for hydroxylation is 2. The zero-order valence-corrected chi connectivity index (χ0v) is 24.6. The Hall–Kier alpha value is -3.62. The fourth-order valence-electron chi connectivity index (χ4n) is 6.81. The van der Waals surface area contributed by atoms with Crippen LogP contribution in [-0.4, -0.2) is 55.3 Å². The summed E-state index contributed by atoms with van der Waals surface area (Å²) >= 11 is 6.57. The summed E-state index contributed by atoms with van der Waals surface area (Å²) < 4.78 is 17.9. The summed E-state index contributed by atoms with van der Waals surface area (Å²) in [6.45, 7) is 9.55. The highest BCUT2D eigenvalue weighted by Gasteiger charge is 2.47. The largest absolute Gasteiger partial charge is 0.507 e. The van der Waals surface area contributed by atoms with E-state index in [9.17, 15) is 9.90 Å². The van der Waals surface area contributed by atoms with E-state index < -0.39 is 5.82 Å². The van der Waals surface area contributed by atoms with Gasteiger partial charge in [0.1, 0.15) is 11.6 Å². The van der Waals surface area contributed by atoms with Crippen LogP contribution < -0.4 is 10.6 Å². The monoisotopic (exact) mass is 575 g/mol. The number of aromatic hydroxyl groups is 1. The minimum atomic E-state index is -0.479. The van der Waals surface area contributed by atoms with Crippen LogP contribution in [0.1, 0.15) is 38.8 Å². The molecule has 2 aromatic heterocycles. The maximum atomic E-state index is 15.1. The number of anilines is 1. The maximum Gasteiger partial charge on any atom is 0.332 e. The second kappa shape index (κ2) is 10.3. The Labute approximate surface area is 244 Å². The van der Waals surface area contributed by atoms with Gasteiger partial charge in [0.15, 0.2) is 0 Å². The highest BCUT2D eigenvalue weighted by molar-refractivity contribution is 6.32. The molecule has 1 atom stereocenters. The number of hydrogen-bond donors (Lipinski definition) is 1. The Morgan fingerprint density at radius 2 is 1.78 bits per heavy atom. The normalized spacial score (nSPS) is 19.2. The summed E-state index contributed by atoms with van der Waals surface area (Å²) in [7, 11) is 1.66. The molecule has 0 radical (unpaired) electrons. The van der Waals surface area contributed by atoms with Crippen LogP contribution in [0, 0.1) is 12.7 Å². The van der Waals surface area contributed by atoms with Crippen LogP contribution in [0.5, 0.6) is 5.75 Å². The number of rotatable bonds is 5. The predicted molar refractivity (Wildman–Crippen MR) is 162 cm³/mol. The van der Waals surface area contributed by atoms with Gasteiger partial charge in [-0.1, -0.05) is 17.7 Å². The van der Waals surface area contributed by atoms with Crippen molar-refractivity contribution in [3.8, 4) is 33.7 Å². The van der Waals surface area contributed by atoms with Crippen LogP contribution in [-0.2, 0) is 7.05 Å². The first-order chi connectivity index (χ1) is 19.6. The van der Waals surface area contributed by atoms with Gasteiger partial charge in [-0.25, -0.2) is 9.18 Å². The van der Waals surface area contributed by atoms with E-state index >= 15 is 4.39 Å². The average molecular weight is 576 g/mol. The lowest BCUT2D eigenvalue weighted by atomic mass is 9.94. The van der Waals surface area contributed by atoms with Crippen LogP contribution in [0.4, 0.5) is 10.1 Å². The number of nitrogens with zero attached hydrogens (tertiary/aromatic N) is 5. The van der Waals surface area contributed by atoms with Crippen LogP contribution in [0.2, 0.25) is 5.02 Å². The van der Waals surface area contributed by atoms with Gasteiger partial charge in [-0.05, 0) is 82.5 Å². The number of aromatic nitrogens is 3. The van der Waals surface area contributed by atoms with E-state index in [1.54, 1.807) is 43.8 Å². The first-order valence-electron chi connectivity index (χ1n) is 14.1. The summed E-state index contributed by atoms with van der Waals surface area (Å²) in [6, 6.07) is 10.2. The third-order valence-corrected chi connectivity index (χ3v) is 9.16. The highest BCUT2D eigenvalue weighted by atomic mass is 35.5. The molecule has 2 aliphatic heterocycles. The Morgan fingerprint density at radius 1 is 1.02 bits per heavy atom. The molecular weight excluding hydrogens is 541 g/mol. The zero-order valence-electron chi connectivity index (χ0n) is 23.9. The molecule has 214 valence electrons. The van der Waals surface area contributed by atoms with E-state index in [1.165, 1.54) is 34.1 Å². The van der Waals surface area contributed by atoms with Crippen LogP contribution in [0.15, 0.2) is 59.8 Å². The molecule has 4 heterocycles. The highest BCUT2D eigenvalue weighted by Crippen LogP contribution is 2.44. The van der Waals surface area contributed by atoms with Crippen molar-refractivity contribution in [3.05, 3.63) is 82.0 Å². The van der Waals surface area contributed by atoms with Gasteiger partial charge in [-0.3, -0.25) is 14.5 Å². The quantitative estimate of drug-likeness (QED) is 0.308. The van der Waals surface area contributed by atoms with Crippen molar-refractivity contribution in [2.24, 2.45) is 7.05 Å². The lowest BCUT2D eigenvalue weighted by Gasteiger charge is -2.38. The number of imidazole rings is 1. The molecule has 7 nitrogen and oxygen atoms in total. The second-order valence-corrected chi connectivity index (χ2v) is 12.1. The molecule has 9 heteroatoms. The van der Waals surface area contributed by atoms with Gasteiger partial charge in [0.2, 0.25) is 0 Å². The van der Waals surface area contributed by atoms with Gasteiger partial charge in [-0.15, -0.1) is 0 Å². The van der Waals surface area contributed by atoms with Gasteiger partial charge in [-0.2, -0.15) is 0 Å². The number of halogens is 2. The van der Waals surface area contributed by atoms with E-state index in [0.29, 0.717) is 39.0 Å². The van der Waals surface area contributed by atoms with Gasteiger partial charge in [0, 0.05) is 67.0 Å². The Morgan fingerprint density at radius 3 is 2.46 bits per heavy atom. The molecular formula is C32H35ClFN5O2. The third kappa shape index (κ3) is 4.73. The second-order valence-electron chi connectivity index (χ2n) is 11.7. The van der Waals surface area contributed by atoms with E-state index in [-0.39, 0.29) is 17.0 Å². The molecule has 2 saturated heterocycles. The van der Waals surface area contributed by atoms with Crippen molar-refractivity contribution in [1.82, 2.24) is 19.0 Å². The molecule has 1 unspecified atom stereocenters. The van der Waals surface area contributed by atoms with Crippen molar-refractivity contribution in [1.29, 1.82) is 0 Å². The number of hydrogen-bond acceptors (Lipinski definition) is 5. The molecule has 41 heavy (non-hydrogen) atoms. The predicted octanol–water partition coefficient (Wildman–Crippen LogP) is 6.16. The number of phenolic OH excluding ortho intramolecular Hbond substituents is 1. The lowest BCUT2D eigenvalue weighted by Crippen LogP contribution is -2.49. The molecule has 0 aliphatic carbocycles. The minimum Gasteiger partial charge on any atom is -0.507 e. The summed E-state index contributed by atoms with van der Waals surface area (Å²) in [5.74, 6) is -0.531. The smallest absolute Gasteiger partial charge is 0.332 e. The fraction of sp³-hybridized carbons (Fsp3) is 0.375. The van der Waals surface area contributed by atoms with Crippen molar-refractivity contribution in [2.75, 3.05) is 24.5 Å². The molecule has 0 amide bonds. The van der Waals surface area contributed by atoms with Gasteiger partial charge in [0.25, 0.3) is 0 Å². The number of phenols is 1. The molecule has 1 N–H and O–H groups in total. The number of benzene rings is 2. The summed E-state index contributed by atoms with van der Waals surface area (Å²) in [5.41, 5.74) is 4.25. The summed E-state index contributed by atoms with van der Waals surface area (Å²) in [6.07, 6.45) is 8.50. The van der Waals surface area contributed by atoms with Crippen molar-refractivity contribution < 1.29 is 9.50 Å². The molecule has 2 aliphatic rings. The van der Waals surface area contributed by atoms with E-state index in [4.69, 9.17) is 11.6 Å². The molecule has 2 fully saturated rings. The van der Waals surface area contributed by atoms with E-state index in [1.807, 2.05) is 13.0 Å². The van der Waals surface area contributed by atoms with Crippen molar-refractivity contribution >= 4 is 17.3 Å². The Balaban J connectivity index is 1.35. The van der Waals surface area contributed by atoms with E-state index in [2.05, 4.69) is 28.6 Å². The van der Waals surface area contributed by atoms with Gasteiger partial charge < -0.3 is 14.6 Å². The SMILES string of the molecule is Cc1ncc(-c2cc(F)cc(-c3ccc(-n4ccn(C)c4=O)c(Cl)c3)c2O)cc1N1CCC2(CCCN2C(C)C)C1. The third-order valence-electron chi connectivity index (χ3n) is 8.86. The maximum absolute atomic E-state index is 15.1. The fourth-order valence-corrected chi connectivity index (χ4v) is 7.08.